The quantitative estimate of drug-likeness (QED) is 0.208. The molecule has 0 aromatic heterocycles. The van der Waals surface area contributed by atoms with Crippen molar-refractivity contribution < 1.29 is 9.53 Å². The summed E-state index contributed by atoms with van der Waals surface area (Å²) in [5.74, 6) is -0.230. The molecule has 3 rings (SSSR count). The van der Waals surface area contributed by atoms with Gasteiger partial charge < -0.3 is 4.74 Å². The first-order valence-corrected chi connectivity index (χ1v) is 11.6. The minimum Gasteiger partial charge on any atom is -0.462 e. The van der Waals surface area contributed by atoms with Crippen LogP contribution in [0, 0.1) is 0 Å². The molecule has 0 aliphatic carbocycles. The average Bonchev–Trinajstić information content (AvgIpc) is 2.78. The van der Waals surface area contributed by atoms with Gasteiger partial charge in [-0.15, -0.1) is 0 Å². The molecule has 3 aromatic rings. The predicted molar refractivity (Wildman–Crippen MR) is 121 cm³/mol. The molecular formula is C26H29O2S+. The SMILES string of the molecule is CCCCCCCOC(=O)c1cccc([S+](c2ccccc2)c2ccccc2)c1. The van der Waals surface area contributed by atoms with Crippen molar-refractivity contribution in [3.63, 3.8) is 0 Å². The van der Waals surface area contributed by atoms with Gasteiger partial charge in [0, 0.05) is 6.07 Å². The van der Waals surface area contributed by atoms with Crippen LogP contribution in [-0.2, 0) is 15.6 Å². The van der Waals surface area contributed by atoms with E-state index in [0.29, 0.717) is 12.2 Å². The lowest BCUT2D eigenvalue weighted by Crippen LogP contribution is -2.09. The standard InChI is InChI=1S/C26H29O2S/c1-2-3-4-5-12-20-28-26(27)22-14-13-19-25(21-22)29(23-15-8-6-9-16-23)24-17-10-7-11-18-24/h6-11,13-19,21H,2-5,12,20H2,1H3/q+1. The summed E-state index contributed by atoms with van der Waals surface area (Å²) in [5, 5.41) is 0. The van der Waals surface area contributed by atoms with Crippen LogP contribution in [0.5, 0.6) is 0 Å². The number of rotatable bonds is 10. The summed E-state index contributed by atoms with van der Waals surface area (Å²) in [6.07, 6.45) is 5.73. The Hall–Kier alpha value is -2.52. The zero-order valence-corrected chi connectivity index (χ0v) is 17.9. The monoisotopic (exact) mass is 405 g/mol. The van der Waals surface area contributed by atoms with Gasteiger partial charge >= 0.3 is 5.97 Å². The normalized spacial score (nSPS) is 10.8. The third kappa shape index (κ3) is 6.23. The van der Waals surface area contributed by atoms with Crippen LogP contribution in [0.25, 0.3) is 0 Å². The molecule has 0 radical (unpaired) electrons. The van der Waals surface area contributed by atoms with Gasteiger partial charge in [-0.25, -0.2) is 4.79 Å². The molecule has 0 saturated heterocycles. The van der Waals surface area contributed by atoms with Crippen molar-refractivity contribution >= 4 is 16.9 Å². The van der Waals surface area contributed by atoms with Gasteiger partial charge in [0.1, 0.15) is 0 Å². The maximum absolute atomic E-state index is 12.6. The lowest BCUT2D eigenvalue weighted by molar-refractivity contribution is 0.0497. The Morgan fingerprint density at radius 2 is 1.31 bits per heavy atom. The summed E-state index contributed by atoms with van der Waals surface area (Å²) in [6, 6.07) is 28.8. The van der Waals surface area contributed by atoms with Crippen LogP contribution in [0.2, 0.25) is 0 Å². The topological polar surface area (TPSA) is 26.3 Å². The van der Waals surface area contributed by atoms with Crippen LogP contribution < -0.4 is 0 Å². The highest BCUT2D eigenvalue weighted by molar-refractivity contribution is 7.97. The van der Waals surface area contributed by atoms with Crippen LogP contribution in [-0.4, -0.2) is 12.6 Å². The molecule has 0 aliphatic rings. The van der Waals surface area contributed by atoms with Crippen molar-refractivity contribution in [3.05, 3.63) is 90.5 Å². The third-order valence-electron chi connectivity index (χ3n) is 4.74. The van der Waals surface area contributed by atoms with Gasteiger partial charge in [-0.2, -0.15) is 0 Å². The van der Waals surface area contributed by atoms with Crippen molar-refractivity contribution in [2.24, 2.45) is 0 Å². The van der Waals surface area contributed by atoms with Gasteiger partial charge in [0.15, 0.2) is 14.7 Å². The van der Waals surface area contributed by atoms with Crippen LogP contribution in [0.4, 0.5) is 0 Å². The summed E-state index contributed by atoms with van der Waals surface area (Å²) in [4.78, 5) is 16.2. The summed E-state index contributed by atoms with van der Waals surface area (Å²) in [6.45, 7) is 2.70. The molecule has 0 heterocycles. The molecule has 29 heavy (non-hydrogen) atoms. The highest BCUT2D eigenvalue weighted by atomic mass is 32.2. The highest BCUT2D eigenvalue weighted by Crippen LogP contribution is 2.31. The number of hydrogen-bond donors (Lipinski definition) is 0. The summed E-state index contributed by atoms with van der Waals surface area (Å²) >= 11 is 0. The van der Waals surface area contributed by atoms with E-state index in [1.807, 2.05) is 30.3 Å². The number of esters is 1. The van der Waals surface area contributed by atoms with E-state index in [0.717, 1.165) is 17.7 Å². The van der Waals surface area contributed by atoms with E-state index in [2.05, 4.69) is 61.5 Å². The average molecular weight is 406 g/mol. The Morgan fingerprint density at radius 3 is 1.93 bits per heavy atom. The minimum atomic E-state index is -0.260. The number of benzene rings is 3. The Kier molecular flexibility index (Phi) is 8.39. The van der Waals surface area contributed by atoms with Crippen molar-refractivity contribution in [1.29, 1.82) is 0 Å². The maximum Gasteiger partial charge on any atom is 0.338 e. The lowest BCUT2D eigenvalue weighted by Gasteiger charge is -2.09. The number of hydrogen-bond acceptors (Lipinski definition) is 2. The summed E-state index contributed by atoms with van der Waals surface area (Å²) in [5.41, 5.74) is 0.625. The van der Waals surface area contributed by atoms with E-state index in [-0.39, 0.29) is 16.9 Å². The molecule has 3 aromatic carbocycles. The van der Waals surface area contributed by atoms with Crippen molar-refractivity contribution in [2.75, 3.05) is 6.61 Å². The minimum absolute atomic E-state index is 0.230. The summed E-state index contributed by atoms with van der Waals surface area (Å²) < 4.78 is 5.52. The molecule has 150 valence electrons. The van der Waals surface area contributed by atoms with Crippen LogP contribution >= 0.6 is 0 Å². The van der Waals surface area contributed by atoms with E-state index < -0.39 is 0 Å². The van der Waals surface area contributed by atoms with Crippen molar-refractivity contribution in [2.45, 2.75) is 53.7 Å². The molecule has 0 unspecified atom stereocenters. The van der Waals surface area contributed by atoms with Crippen LogP contribution in [0.15, 0.2) is 99.6 Å². The molecule has 0 amide bonds. The van der Waals surface area contributed by atoms with E-state index >= 15 is 0 Å². The molecule has 2 nitrogen and oxygen atoms in total. The van der Waals surface area contributed by atoms with E-state index in [9.17, 15) is 4.79 Å². The van der Waals surface area contributed by atoms with Gasteiger partial charge in [-0.1, -0.05) is 75.1 Å². The Bertz CT molecular complexity index is 838. The molecule has 3 heteroatoms. The Morgan fingerprint density at radius 1 is 0.724 bits per heavy atom. The fourth-order valence-electron chi connectivity index (χ4n) is 3.23. The zero-order chi connectivity index (χ0) is 20.3. The third-order valence-corrected chi connectivity index (χ3v) is 6.96. The fraction of sp³-hybridized carbons (Fsp3) is 0.269. The van der Waals surface area contributed by atoms with Crippen molar-refractivity contribution in [1.82, 2.24) is 0 Å². The van der Waals surface area contributed by atoms with Crippen molar-refractivity contribution in [3.8, 4) is 0 Å². The first kappa shape index (κ1) is 21.2. The zero-order valence-electron chi connectivity index (χ0n) is 17.1. The number of carbonyl (C=O) groups excluding carboxylic acids is 1. The first-order chi connectivity index (χ1) is 14.3. The van der Waals surface area contributed by atoms with Gasteiger partial charge in [0.05, 0.1) is 23.1 Å². The second kappa shape index (κ2) is 11.5. The predicted octanol–water partition coefficient (Wildman–Crippen LogP) is 6.91. The molecule has 0 bridgehead atoms. The van der Waals surface area contributed by atoms with Gasteiger partial charge in [-0.05, 0) is 42.8 Å². The number of ether oxygens (including phenoxy) is 1. The number of unbranched alkanes of at least 4 members (excludes halogenated alkanes) is 4. The molecule has 0 aliphatic heterocycles. The summed E-state index contributed by atoms with van der Waals surface area (Å²) in [7, 11) is -0.260. The molecule has 0 atom stereocenters. The van der Waals surface area contributed by atoms with Gasteiger partial charge in [-0.3, -0.25) is 0 Å². The smallest absolute Gasteiger partial charge is 0.338 e. The number of carbonyl (C=O) groups is 1. The Labute approximate surface area is 177 Å². The maximum atomic E-state index is 12.6. The first-order valence-electron chi connectivity index (χ1n) is 10.4. The molecule has 0 fully saturated rings. The molecule has 0 spiro atoms. The van der Waals surface area contributed by atoms with E-state index in [1.54, 1.807) is 0 Å². The highest BCUT2D eigenvalue weighted by Gasteiger charge is 2.29. The van der Waals surface area contributed by atoms with Gasteiger partial charge in [0.2, 0.25) is 0 Å². The second-order valence-corrected chi connectivity index (χ2v) is 9.04. The second-order valence-electron chi connectivity index (χ2n) is 7.01. The van der Waals surface area contributed by atoms with Crippen LogP contribution in [0.3, 0.4) is 0 Å². The lowest BCUT2D eigenvalue weighted by atomic mass is 10.2. The molecule has 0 N–H and O–H groups in total. The van der Waals surface area contributed by atoms with Crippen LogP contribution in [0.1, 0.15) is 49.4 Å². The largest absolute Gasteiger partial charge is 0.462 e. The van der Waals surface area contributed by atoms with Gasteiger partial charge in [0.25, 0.3) is 0 Å². The van der Waals surface area contributed by atoms with E-state index in [4.69, 9.17) is 4.74 Å². The molecule has 0 saturated carbocycles. The van der Waals surface area contributed by atoms with E-state index in [1.165, 1.54) is 29.1 Å². The molecular weight excluding hydrogens is 376 g/mol. The fourth-order valence-corrected chi connectivity index (χ4v) is 5.36. The Balaban J connectivity index is 1.76.